The van der Waals surface area contributed by atoms with Gasteiger partial charge in [-0.15, -0.1) is 11.3 Å². The Kier molecular flexibility index (Phi) is 3.06. The van der Waals surface area contributed by atoms with Crippen molar-refractivity contribution in [3.05, 3.63) is 16.1 Å². The Morgan fingerprint density at radius 1 is 1.60 bits per heavy atom. The molecule has 0 bridgehead atoms. The maximum atomic E-state index is 11.0. The smallest absolute Gasteiger partial charge is 0.258 e. The van der Waals surface area contributed by atoms with Crippen molar-refractivity contribution in [2.75, 3.05) is 12.8 Å². The van der Waals surface area contributed by atoms with Gasteiger partial charge in [-0.1, -0.05) is 11.8 Å². The molecule has 0 saturated heterocycles. The fourth-order valence-electron chi connectivity index (χ4n) is 1.25. The molecule has 0 saturated carbocycles. The first-order chi connectivity index (χ1) is 7.16. The molecule has 0 radical (unpaired) electrons. The SMILES string of the molecule is Cc1ncsc1CN(C)C1=NC(=O)CS1. The van der Waals surface area contributed by atoms with E-state index in [1.807, 2.05) is 24.4 Å². The van der Waals surface area contributed by atoms with E-state index in [4.69, 9.17) is 0 Å². The predicted octanol–water partition coefficient (Wildman–Crippen LogP) is 1.51. The van der Waals surface area contributed by atoms with Gasteiger partial charge in [0.15, 0.2) is 5.17 Å². The molecule has 0 atom stereocenters. The summed E-state index contributed by atoms with van der Waals surface area (Å²) in [6.45, 7) is 2.77. The van der Waals surface area contributed by atoms with Crippen LogP contribution in [0.2, 0.25) is 0 Å². The minimum atomic E-state index is -0.0390. The predicted molar refractivity (Wildman–Crippen MR) is 63.2 cm³/mol. The number of aryl methyl sites for hydroxylation is 1. The summed E-state index contributed by atoms with van der Waals surface area (Å²) in [6, 6.07) is 0. The molecule has 0 N–H and O–H groups in total. The zero-order valence-corrected chi connectivity index (χ0v) is 10.2. The molecule has 1 aromatic heterocycles. The molecule has 15 heavy (non-hydrogen) atoms. The van der Waals surface area contributed by atoms with Crippen LogP contribution in [-0.4, -0.2) is 33.8 Å². The van der Waals surface area contributed by atoms with Gasteiger partial charge in [0, 0.05) is 11.9 Å². The van der Waals surface area contributed by atoms with Crippen molar-refractivity contribution in [1.82, 2.24) is 9.88 Å². The van der Waals surface area contributed by atoms with E-state index in [9.17, 15) is 4.79 Å². The number of amides is 1. The van der Waals surface area contributed by atoms with Gasteiger partial charge in [-0.3, -0.25) is 4.79 Å². The van der Waals surface area contributed by atoms with Gasteiger partial charge in [-0.05, 0) is 6.92 Å². The van der Waals surface area contributed by atoms with Crippen LogP contribution in [-0.2, 0) is 11.3 Å². The van der Waals surface area contributed by atoms with Crippen LogP contribution in [0.1, 0.15) is 10.6 Å². The van der Waals surface area contributed by atoms with Crippen molar-refractivity contribution in [1.29, 1.82) is 0 Å². The van der Waals surface area contributed by atoms with Gasteiger partial charge < -0.3 is 4.90 Å². The minimum absolute atomic E-state index is 0.0390. The topological polar surface area (TPSA) is 45.6 Å². The van der Waals surface area contributed by atoms with Crippen molar-refractivity contribution in [3.8, 4) is 0 Å². The maximum absolute atomic E-state index is 11.0. The number of thiazole rings is 1. The Balaban J connectivity index is 2.04. The lowest BCUT2D eigenvalue weighted by atomic mass is 10.4. The van der Waals surface area contributed by atoms with Gasteiger partial charge in [0.25, 0.3) is 5.91 Å². The molecule has 1 aliphatic heterocycles. The molecule has 0 fully saturated rings. The average Bonchev–Trinajstić information content (AvgIpc) is 2.77. The van der Waals surface area contributed by atoms with E-state index >= 15 is 0 Å². The average molecular weight is 241 g/mol. The van der Waals surface area contributed by atoms with Crippen LogP contribution >= 0.6 is 23.1 Å². The highest BCUT2D eigenvalue weighted by atomic mass is 32.2. The van der Waals surface area contributed by atoms with E-state index in [0.29, 0.717) is 5.75 Å². The first kappa shape index (κ1) is 10.6. The summed E-state index contributed by atoms with van der Waals surface area (Å²) < 4.78 is 0. The fraction of sp³-hybridized carbons (Fsp3) is 0.444. The number of amidine groups is 1. The highest BCUT2D eigenvalue weighted by molar-refractivity contribution is 8.14. The van der Waals surface area contributed by atoms with E-state index < -0.39 is 0 Å². The Morgan fingerprint density at radius 3 is 2.93 bits per heavy atom. The van der Waals surface area contributed by atoms with Crippen molar-refractivity contribution in [2.45, 2.75) is 13.5 Å². The first-order valence-electron chi connectivity index (χ1n) is 4.51. The second kappa shape index (κ2) is 4.32. The number of carbonyl (C=O) groups is 1. The summed E-state index contributed by atoms with van der Waals surface area (Å²) in [4.78, 5) is 22.3. The third-order valence-electron chi connectivity index (χ3n) is 2.10. The van der Waals surface area contributed by atoms with Crippen molar-refractivity contribution >= 4 is 34.2 Å². The van der Waals surface area contributed by atoms with E-state index in [-0.39, 0.29) is 5.91 Å². The standard InChI is InChI=1S/C9H11N3OS2/c1-6-7(15-5-10-6)3-12(2)9-11-8(13)4-14-9/h5H,3-4H2,1-2H3. The van der Waals surface area contributed by atoms with E-state index in [2.05, 4.69) is 9.98 Å². The molecule has 2 heterocycles. The number of aromatic nitrogens is 1. The summed E-state index contributed by atoms with van der Waals surface area (Å²) in [5, 5.41) is 0.813. The molecule has 80 valence electrons. The van der Waals surface area contributed by atoms with Crippen LogP contribution in [0, 0.1) is 6.92 Å². The van der Waals surface area contributed by atoms with Crippen LogP contribution in [0.5, 0.6) is 0 Å². The highest BCUT2D eigenvalue weighted by Gasteiger charge is 2.19. The summed E-state index contributed by atoms with van der Waals surface area (Å²) >= 11 is 3.13. The molecule has 0 spiro atoms. The summed E-state index contributed by atoms with van der Waals surface area (Å²) in [5.41, 5.74) is 2.90. The Bertz CT molecular complexity index is 413. The molecule has 1 aromatic rings. The van der Waals surface area contributed by atoms with Crippen LogP contribution in [0.4, 0.5) is 0 Å². The van der Waals surface area contributed by atoms with Crippen LogP contribution < -0.4 is 0 Å². The largest absolute Gasteiger partial charge is 0.349 e. The number of thioether (sulfide) groups is 1. The number of hydrogen-bond donors (Lipinski definition) is 0. The lowest BCUT2D eigenvalue weighted by Gasteiger charge is -2.16. The highest BCUT2D eigenvalue weighted by Crippen LogP contribution is 2.20. The fourth-order valence-corrected chi connectivity index (χ4v) is 2.85. The molecule has 0 aliphatic carbocycles. The van der Waals surface area contributed by atoms with Gasteiger partial charge in [0.05, 0.1) is 23.5 Å². The van der Waals surface area contributed by atoms with Crippen LogP contribution in [0.25, 0.3) is 0 Å². The molecule has 4 nitrogen and oxygen atoms in total. The minimum Gasteiger partial charge on any atom is -0.349 e. The third-order valence-corrected chi connectivity index (χ3v) is 4.07. The Hall–Kier alpha value is -0.880. The van der Waals surface area contributed by atoms with Crippen LogP contribution in [0.15, 0.2) is 10.5 Å². The molecule has 0 unspecified atom stereocenters. The lowest BCUT2D eigenvalue weighted by Crippen LogP contribution is -2.22. The van der Waals surface area contributed by atoms with Gasteiger partial charge >= 0.3 is 0 Å². The van der Waals surface area contributed by atoms with E-state index in [0.717, 1.165) is 17.4 Å². The van der Waals surface area contributed by atoms with E-state index in [1.54, 1.807) is 11.3 Å². The zero-order chi connectivity index (χ0) is 10.8. The zero-order valence-electron chi connectivity index (χ0n) is 8.56. The van der Waals surface area contributed by atoms with Gasteiger partial charge in [-0.2, -0.15) is 4.99 Å². The van der Waals surface area contributed by atoms with Crippen molar-refractivity contribution < 1.29 is 4.79 Å². The molecule has 2 rings (SSSR count). The lowest BCUT2D eigenvalue weighted by molar-refractivity contribution is -0.115. The molecule has 1 aliphatic rings. The monoisotopic (exact) mass is 241 g/mol. The number of rotatable bonds is 2. The number of carbonyl (C=O) groups excluding carboxylic acids is 1. The van der Waals surface area contributed by atoms with Gasteiger partial charge in [-0.25, -0.2) is 4.98 Å². The molecular formula is C9H11N3OS2. The second-order valence-electron chi connectivity index (χ2n) is 3.29. The molecule has 6 heteroatoms. The van der Waals surface area contributed by atoms with Gasteiger partial charge in [0.2, 0.25) is 0 Å². The number of aliphatic imine (C=N–C) groups is 1. The van der Waals surface area contributed by atoms with Crippen molar-refractivity contribution in [3.63, 3.8) is 0 Å². The third kappa shape index (κ3) is 2.38. The summed E-state index contributed by atoms with van der Waals surface area (Å²) in [7, 11) is 1.95. The molecule has 0 aromatic carbocycles. The Morgan fingerprint density at radius 2 is 2.40 bits per heavy atom. The molecular weight excluding hydrogens is 230 g/mol. The summed E-state index contributed by atoms with van der Waals surface area (Å²) in [5.74, 6) is 0.435. The van der Waals surface area contributed by atoms with Gasteiger partial charge in [0.1, 0.15) is 0 Å². The number of nitrogens with zero attached hydrogens (tertiary/aromatic N) is 3. The normalized spacial score (nSPS) is 15.6. The first-order valence-corrected chi connectivity index (χ1v) is 6.38. The quantitative estimate of drug-likeness (QED) is 0.787. The Labute approximate surface area is 96.4 Å². The summed E-state index contributed by atoms with van der Waals surface area (Å²) in [6.07, 6.45) is 0. The second-order valence-corrected chi connectivity index (χ2v) is 5.18. The molecule has 1 amide bonds. The van der Waals surface area contributed by atoms with Crippen LogP contribution in [0.3, 0.4) is 0 Å². The van der Waals surface area contributed by atoms with E-state index in [1.165, 1.54) is 16.6 Å². The maximum Gasteiger partial charge on any atom is 0.258 e. The van der Waals surface area contributed by atoms with Crippen molar-refractivity contribution in [2.24, 2.45) is 4.99 Å². The number of hydrogen-bond acceptors (Lipinski definition) is 5.